The largest absolute Gasteiger partial charge is 0.312 e. The minimum atomic E-state index is -0.157. The Bertz CT molecular complexity index is 401. The van der Waals surface area contributed by atoms with Crippen molar-refractivity contribution in [1.82, 2.24) is 5.32 Å². The number of thioether (sulfide) groups is 1. The third-order valence-electron chi connectivity index (χ3n) is 3.30. The SMILES string of the molecule is CNC(c1ccc(SC)cc1)C1(C#N)CC1. The number of rotatable bonds is 4. The van der Waals surface area contributed by atoms with Gasteiger partial charge in [0.15, 0.2) is 0 Å². The van der Waals surface area contributed by atoms with Gasteiger partial charge in [-0.05, 0) is 43.8 Å². The van der Waals surface area contributed by atoms with Gasteiger partial charge in [-0.2, -0.15) is 5.26 Å². The molecule has 0 spiro atoms. The Balaban J connectivity index is 2.24. The van der Waals surface area contributed by atoms with E-state index >= 15 is 0 Å². The van der Waals surface area contributed by atoms with E-state index in [0.717, 1.165) is 12.8 Å². The second-order valence-electron chi connectivity index (χ2n) is 4.26. The number of nitrogens with zero attached hydrogens (tertiary/aromatic N) is 1. The van der Waals surface area contributed by atoms with Crippen molar-refractivity contribution in [3.8, 4) is 6.07 Å². The summed E-state index contributed by atoms with van der Waals surface area (Å²) in [7, 11) is 1.94. The first kappa shape index (κ1) is 11.5. The lowest BCUT2D eigenvalue weighted by molar-refractivity contribution is 0.444. The van der Waals surface area contributed by atoms with Gasteiger partial charge >= 0.3 is 0 Å². The Morgan fingerprint density at radius 1 is 1.38 bits per heavy atom. The summed E-state index contributed by atoms with van der Waals surface area (Å²) in [6, 6.07) is 11.1. The fourth-order valence-corrected chi connectivity index (χ4v) is 2.57. The summed E-state index contributed by atoms with van der Waals surface area (Å²) in [5.41, 5.74) is 1.06. The first-order chi connectivity index (χ1) is 7.75. The van der Waals surface area contributed by atoms with E-state index in [2.05, 4.69) is 41.9 Å². The summed E-state index contributed by atoms with van der Waals surface area (Å²) in [5.74, 6) is 0. The summed E-state index contributed by atoms with van der Waals surface area (Å²) in [6.45, 7) is 0. The number of hydrogen-bond donors (Lipinski definition) is 1. The van der Waals surface area contributed by atoms with Crippen molar-refractivity contribution in [1.29, 1.82) is 5.26 Å². The van der Waals surface area contributed by atoms with Crippen molar-refractivity contribution in [3.05, 3.63) is 29.8 Å². The molecule has 1 N–H and O–H groups in total. The lowest BCUT2D eigenvalue weighted by Crippen LogP contribution is -2.25. The molecule has 0 amide bonds. The summed E-state index contributed by atoms with van der Waals surface area (Å²) in [6.07, 6.45) is 4.10. The molecule has 0 aliphatic heterocycles. The fraction of sp³-hybridized carbons (Fsp3) is 0.462. The highest BCUT2D eigenvalue weighted by atomic mass is 32.2. The average molecular weight is 232 g/mol. The molecule has 2 rings (SSSR count). The van der Waals surface area contributed by atoms with Crippen LogP contribution in [-0.4, -0.2) is 13.3 Å². The summed E-state index contributed by atoms with van der Waals surface area (Å²) in [5, 5.41) is 12.5. The van der Waals surface area contributed by atoms with Crippen LogP contribution in [0.1, 0.15) is 24.4 Å². The van der Waals surface area contributed by atoms with E-state index in [9.17, 15) is 5.26 Å². The number of nitrogens with one attached hydrogen (secondary N) is 1. The molecule has 16 heavy (non-hydrogen) atoms. The normalized spacial score (nSPS) is 18.8. The molecular weight excluding hydrogens is 216 g/mol. The molecule has 0 radical (unpaired) electrons. The Hall–Kier alpha value is -0.980. The van der Waals surface area contributed by atoms with Crippen molar-refractivity contribution < 1.29 is 0 Å². The monoisotopic (exact) mass is 232 g/mol. The number of benzene rings is 1. The van der Waals surface area contributed by atoms with E-state index in [0.29, 0.717) is 0 Å². The van der Waals surface area contributed by atoms with Crippen LogP contribution in [0, 0.1) is 16.7 Å². The number of hydrogen-bond acceptors (Lipinski definition) is 3. The maximum absolute atomic E-state index is 9.23. The second kappa shape index (κ2) is 4.48. The summed E-state index contributed by atoms with van der Waals surface area (Å²) < 4.78 is 0. The number of nitriles is 1. The molecule has 1 saturated carbocycles. The highest BCUT2D eigenvalue weighted by Gasteiger charge is 2.50. The molecule has 3 heteroatoms. The Kier molecular flexibility index (Phi) is 3.22. The molecule has 1 fully saturated rings. The van der Waals surface area contributed by atoms with Gasteiger partial charge in [0.05, 0.1) is 17.5 Å². The molecule has 0 aromatic heterocycles. The highest BCUT2D eigenvalue weighted by Crippen LogP contribution is 2.54. The minimum Gasteiger partial charge on any atom is -0.312 e. The van der Waals surface area contributed by atoms with E-state index in [1.807, 2.05) is 7.05 Å². The zero-order valence-corrected chi connectivity index (χ0v) is 10.5. The van der Waals surface area contributed by atoms with Crippen LogP contribution in [0.5, 0.6) is 0 Å². The summed E-state index contributed by atoms with van der Waals surface area (Å²) in [4.78, 5) is 1.26. The van der Waals surface area contributed by atoms with E-state index in [4.69, 9.17) is 0 Å². The van der Waals surface area contributed by atoms with Crippen LogP contribution in [-0.2, 0) is 0 Å². The maximum Gasteiger partial charge on any atom is 0.0769 e. The van der Waals surface area contributed by atoms with Gasteiger partial charge in [-0.15, -0.1) is 11.8 Å². The summed E-state index contributed by atoms with van der Waals surface area (Å²) >= 11 is 1.74. The van der Waals surface area contributed by atoms with E-state index < -0.39 is 0 Å². The van der Waals surface area contributed by atoms with Crippen molar-refractivity contribution >= 4 is 11.8 Å². The fourth-order valence-electron chi connectivity index (χ4n) is 2.16. The molecule has 1 unspecified atom stereocenters. The van der Waals surface area contributed by atoms with Gasteiger partial charge in [-0.25, -0.2) is 0 Å². The average Bonchev–Trinajstić information content (AvgIpc) is 3.12. The van der Waals surface area contributed by atoms with Crippen LogP contribution in [0.15, 0.2) is 29.2 Å². The van der Waals surface area contributed by atoms with Gasteiger partial charge in [0.1, 0.15) is 0 Å². The van der Waals surface area contributed by atoms with Crippen LogP contribution < -0.4 is 5.32 Å². The van der Waals surface area contributed by atoms with Gasteiger partial charge in [0.2, 0.25) is 0 Å². The third-order valence-corrected chi connectivity index (χ3v) is 4.05. The zero-order chi connectivity index (χ0) is 11.6. The van der Waals surface area contributed by atoms with E-state index in [1.54, 1.807) is 11.8 Å². The first-order valence-electron chi connectivity index (χ1n) is 5.48. The van der Waals surface area contributed by atoms with Crippen LogP contribution in [0.3, 0.4) is 0 Å². The first-order valence-corrected chi connectivity index (χ1v) is 6.71. The molecule has 0 saturated heterocycles. The van der Waals surface area contributed by atoms with Crippen molar-refractivity contribution in [2.45, 2.75) is 23.8 Å². The molecule has 84 valence electrons. The Labute approximate surface area is 101 Å². The molecule has 2 nitrogen and oxygen atoms in total. The third kappa shape index (κ3) is 1.95. The van der Waals surface area contributed by atoms with Crippen molar-refractivity contribution in [3.63, 3.8) is 0 Å². The lowest BCUT2D eigenvalue weighted by atomic mass is 9.91. The van der Waals surface area contributed by atoms with Gasteiger partial charge in [-0.3, -0.25) is 0 Å². The topological polar surface area (TPSA) is 35.8 Å². The molecule has 1 aliphatic carbocycles. The van der Waals surface area contributed by atoms with E-state index in [-0.39, 0.29) is 11.5 Å². The van der Waals surface area contributed by atoms with Gasteiger partial charge in [-0.1, -0.05) is 12.1 Å². The highest BCUT2D eigenvalue weighted by molar-refractivity contribution is 7.98. The standard InChI is InChI=1S/C13H16N2S/c1-15-12(13(9-14)7-8-13)10-3-5-11(16-2)6-4-10/h3-6,12,15H,7-8H2,1-2H3. The lowest BCUT2D eigenvalue weighted by Gasteiger charge is -2.21. The minimum absolute atomic E-state index is 0.157. The molecule has 1 atom stereocenters. The molecule has 1 aliphatic rings. The Morgan fingerprint density at radius 2 is 2.00 bits per heavy atom. The smallest absolute Gasteiger partial charge is 0.0769 e. The van der Waals surface area contributed by atoms with Gasteiger partial charge in [0, 0.05) is 4.90 Å². The van der Waals surface area contributed by atoms with Gasteiger partial charge < -0.3 is 5.32 Å². The molecule has 0 bridgehead atoms. The molecular formula is C13H16N2S. The van der Waals surface area contributed by atoms with E-state index in [1.165, 1.54) is 10.5 Å². The second-order valence-corrected chi connectivity index (χ2v) is 5.14. The molecule has 0 heterocycles. The Morgan fingerprint density at radius 3 is 2.38 bits per heavy atom. The van der Waals surface area contributed by atoms with Crippen LogP contribution in [0.4, 0.5) is 0 Å². The quantitative estimate of drug-likeness (QED) is 0.811. The predicted molar refractivity (Wildman–Crippen MR) is 67.3 cm³/mol. The molecule has 1 aromatic rings. The van der Waals surface area contributed by atoms with Gasteiger partial charge in [0.25, 0.3) is 0 Å². The molecule has 1 aromatic carbocycles. The van der Waals surface area contributed by atoms with Crippen molar-refractivity contribution in [2.75, 3.05) is 13.3 Å². The van der Waals surface area contributed by atoms with Crippen LogP contribution in [0.25, 0.3) is 0 Å². The van der Waals surface area contributed by atoms with Crippen molar-refractivity contribution in [2.24, 2.45) is 5.41 Å². The van der Waals surface area contributed by atoms with Crippen LogP contribution in [0.2, 0.25) is 0 Å². The maximum atomic E-state index is 9.23. The zero-order valence-electron chi connectivity index (χ0n) is 9.66. The predicted octanol–water partition coefficient (Wildman–Crippen LogP) is 2.97. The van der Waals surface area contributed by atoms with Crippen LogP contribution >= 0.6 is 11.8 Å².